The number of nitrogens with two attached hydrogens (primary N) is 1. The third-order valence-electron chi connectivity index (χ3n) is 3.36. The molecular formula is C13H20N2O2S. The van der Waals surface area contributed by atoms with Crippen molar-refractivity contribution < 1.29 is 9.53 Å². The third kappa shape index (κ3) is 3.78. The van der Waals surface area contributed by atoms with E-state index in [9.17, 15) is 4.79 Å². The van der Waals surface area contributed by atoms with E-state index < -0.39 is 0 Å². The minimum atomic E-state index is -0.310. The fourth-order valence-electron chi connectivity index (χ4n) is 2.30. The van der Waals surface area contributed by atoms with Gasteiger partial charge in [0.15, 0.2) is 5.69 Å². The zero-order valence-electron chi connectivity index (χ0n) is 10.6. The molecule has 1 aliphatic rings. The van der Waals surface area contributed by atoms with Crippen molar-refractivity contribution in [1.29, 1.82) is 0 Å². The van der Waals surface area contributed by atoms with Gasteiger partial charge in [-0.05, 0) is 18.8 Å². The van der Waals surface area contributed by atoms with Gasteiger partial charge in [-0.1, -0.05) is 25.7 Å². The van der Waals surface area contributed by atoms with Gasteiger partial charge in [-0.25, -0.2) is 9.78 Å². The molecule has 18 heavy (non-hydrogen) atoms. The lowest BCUT2D eigenvalue weighted by Gasteiger charge is -2.13. The monoisotopic (exact) mass is 268 g/mol. The van der Waals surface area contributed by atoms with Crippen LogP contribution in [0, 0.1) is 5.92 Å². The number of esters is 1. The van der Waals surface area contributed by atoms with Crippen molar-refractivity contribution in [2.45, 2.75) is 45.1 Å². The van der Waals surface area contributed by atoms with Crippen LogP contribution in [0.2, 0.25) is 0 Å². The second-order valence-corrected chi connectivity index (χ2v) is 5.73. The molecule has 0 unspecified atom stereocenters. The molecule has 0 aromatic carbocycles. The Hall–Kier alpha value is -0.940. The molecule has 1 aromatic rings. The van der Waals surface area contributed by atoms with E-state index in [1.807, 2.05) is 0 Å². The van der Waals surface area contributed by atoms with Gasteiger partial charge in [0.2, 0.25) is 0 Å². The molecule has 0 bridgehead atoms. The first-order chi connectivity index (χ1) is 8.79. The van der Waals surface area contributed by atoms with Crippen molar-refractivity contribution in [3.05, 3.63) is 16.1 Å². The Labute approximate surface area is 112 Å². The topological polar surface area (TPSA) is 65.2 Å². The van der Waals surface area contributed by atoms with Crippen molar-refractivity contribution in [2.75, 3.05) is 6.61 Å². The molecule has 0 spiro atoms. The molecule has 4 nitrogen and oxygen atoms in total. The number of carbonyl (C=O) groups is 1. The zero-order chi connectivity index (χ0) is 12.8. The van der Waals surface area contributed by atoms with Crippen LogP contribution in [0.25, 0.3) is 0 Å². The number of nitrogens with zero attached hydrogens (tertiary/aromatic N) is 1. The van der Waals surface area contributed by atoms with Gasteiger partial charge in [0.05, 0.1) is 6.61 Å². The van der Waals surface area contributed by atoms with Crippen LogP contribution in [0.15, 0.2) is 5.38 Å². The minimum Gasteiger partial charge on any atom is -0.461 e. The number of ether oxygens (including phenoxy) is 1. The maximum Gasteiger partial charge on any atom is 0.357 e. The summed E-state index contributed by atoms with van der Waals surface area (Å²) in [6, 6.07) is 0. The van der Waals surface area contributed by atoms with Crippen LogP contribution in [0.3, 0.4) is 0 Å². The van der Waals surface area contributed by atoms with Crippen LogP contribution in [-0.4, -0.2) is 17.6 Å². The van der Waals surface area contributed by atoms with E-state index in [1.165, 1.54) is 49.9 Å². The second kappa shape index (κ2) is 6.85. The van der Waals surface area contributed by atoms with Crippen molar-refractivity contribution in [1.82, 2.24) is 4.98 Å². The quantitative estimate of drug-likeness (QED) is 0.673. The SMILES string of the molecule is NCc1nc(C(=O)OCC2CCCCCC2)cs1. The van der Waals surface area contributed by atoms with Gasteiger partial charge in [-0.3, -0.25) is 0 Å². The van der Waals surface area contributed by atoms with Gasteiger partial charge in [0.25, 0.3) is 0 Å². The lowest BCUT2D eigenvalue weighted by Crippen LogP contribution is -2.14. The summed E-state index contributed by atoms with van der Waals surface area (Å²) in [6.45, 7) is 0.912. The molecule has 0 aliphatic heterocycles. The van der Waals surface area contributed by atoms with Gasteiger partial charge in [-0.2, -0.15) is 0 Å². The number of rotatable bonds is 4. The smallest absolute Gasteiger partial charge is 0.357 e. The molecule has 5 heteroatoms. The Balaban J connectivity index is 1.80. The first kappa shape index (κ1) is 13.5. The number of aromatic nitrogens is 1. The summed E-state index contributed by atoms with van der Waals surface area (Å²) in [4.78, 5) is 15.9. The highest BCUT2D eigenvalue weighted by Crippen LogP contribution is 2.23. The van der Waals surface area contributed by atoms with Crippen LogP contribution in [0.1, 0.15) is 54.0 Å². The van der Waals surface area contributed by atoms with Crippen LogP contribution in [0.4, 0.5) is 0 Å². The van der Waals surface area contributed by atoms with Gasteiger partial charge in [-0.15, -0.1) is 11.3 Å². The van der Waals surface area contributed by atoms with E-state index in [-0.39, 0.29) is 5.97 Å². The van der Waals surface area contributed by atoms with Crippen LogP contribution < -0.4 is 5.73 Å². The molecule has 2 rings (SSSR count). The second-order valence-electron chi connectivity index (χ2n) is 4.79. The Bertz CT molecular complexity index is 384. The number of hydrogen-bond donors (Lipinski definition) is 1. The summed E-state index contributed by atoms with van der Waals surface area (Å²) < 4.78 is 5.35. The summed E-state index contributed by atoms with van der Waals surface area (Å²) in [5.41, 5.74) is 5.86. The van der Waals surface area contributed by atoms with Crippen LogP contribution in [0.5, 0.6) is 0 Å². The van der Waals surface area contributed by atoms with Gasteiger partial charge < -0.3 is 10.5 Å². The van der Waals surface area contributed by atoms with E-state index in [2.05, 4.69) is 4.98 Å². The molecule has 1 saturated carbocycles. The first-order valence-corrected chi connectivity index (χ1v) is 7.49. The number of carbonyl (C=O) groups excluding carboxylic acids is 1. The highest BCUT2D eigenvalue weighted by Gasteiger charge is 2.17. The molecule has 1 aliphatic carbocycles. The fourth-order valence-corrected chi connectivity index (χ4v) is 2.94. The summed E-state index contributed by atoms with van der Waals surface area (Å²) in [5, 5.41) is 2.49. The molecule has 2 N–H and O–H groups in total. The number of thiazole rings is 1. The Morgan fingerprint density at radius 2 is 2.11 bits per heavy atom. The summed E-state index contributed by atoms with van der Waals surface area (Å²) >= 11 is 1.41. The van der Waals surface area contributed by atoms with Gasteiger partial charge in [0, 0.05) is 11.9 Å². The summed E-state index contributed by atoms with van der Waals surface area (Å²) in [6.07, 6.45) is 7.51. The Kier molecular flexibility index (Phi) is 5.13. The highest BCUT2D eigenvalue weighted by atomic mass is 32.1. The predicted octanol–water partition coefficient (Wildman–Crippen LogP) is 2.73. The van der Waals surface area contributed by atoms with E-state index in [0.29, 0.717) is 24.8 Å². The number of hydrogen-bond acceptors (Lipinski definition) is 5. The molecular weight excluding hydrogens is 248 g/mol. The van der Waals surface area contributed by atoms with Crippen molar-refractivity contribution in [2.24, 2.45) is 11.7 Å². The van der Waals surface area contributed by atoms with Crippen molar-refractivity contribution in [3.63, 3.8) is 0 Å². The lowest BCUT2D eigenvalue weighted by molar-refractivity contribution is 0.0421. The molecule has 0 atom stereocenters. The lowest BCUT2D eigenvalue weighted by atomic mass is 10.0. The van der Waals surface area contributed by atoms with Crippen molar-refractivity contribution >= 4 is 17.3 Å². The molecule has 1 aromatic heterocycles. The summed E-state index contributed by atoms with van der Waals surface area (Å²) in [7, 11) is 0. The van der Waals surface area contributed by atoms with Crippen LogP contribution in [-0.2, 0) is 11.3 Å². The van der Waals surface area contributed by atoms with E-state index >= 15 is 0 Å². The minimum absolute atomic E-state index is 0.310. The van der Waals surface area contributed by atoms with E-state index in [1.54, 1.807) is 5.38 Å². The highest BCUT2D eigenvalue weighted by molar-refractivity contribution is 7.09. The maximum absolute atomic E-state index is 11.8. The molecule has 100 valence electrons. The van der Waals surface area contributed by atoms with E-state index in [0.717, 1.165) is 5.01 Å². The summed E-state index contributed by atoms with van der Waals surface area (Å²) in [5.74, 6) is 0.222. The molecule has 0 amide bonds. The largest absolute Gasteiger partial charge is 0.461 e. The molecule has 0 saturated heterocycles. The zero-order valence-corrected chi connectivity index (χ0v) is 11.4. The van der Waals surface area contributed by atoms with Gasteiger partial charge in [0.1, 0.15) is 5.01 Å². The normalized spacial score (nSPS) is 17.4. The van der Waals surface area contributed by atoms with Gasteiger partial charge >= 0.3 is 5.97 Å². The van der Waals surface area contributed by atoms with Crippen LogP contribution >= 0.6 is 11.3 Å². The molecule has 0 radical (unpaired) electrons. The average Bonchev–Trinajstić information content (AvgIpc) is 2.73. The molecule has 1 fully saturated rings. The standard InChI is InChI=1S/C13H20N2O2S/c14-7-12-15-11(9-18-12)13(16)17-8-10-5-3-1-2-4-6-10/h9-10H,1-8,14H2. The van der Waals surface area contributed by atoms with Crippen molar-refractivity contribution in [3.8, 4) is 0 Å². The Morgan fingerprint density at radius 3 is 2.72 bits per heavy atom. The fraction of sp³-hybridized carbons (Fsp3) is 0.692. The average molecular weight is 268 g/mol. The molecule has 1 heterocycles. The van der Waals surface area contributed by atoms with E-state index in [4.69, 9.17) is 10.5 Å². The first-order valence-electron chi connectivity index (χ1n) is 6.61. The maximum atomic E-state index is 11.8. The Morgan fingerprint density at radius 1 is 1.39 bits per heavy atom. The third-order valence-corrected chi connectivity index (χ3v) is 4.23. The predicted molar refractivity (Wildman–Crippen MR) is 71.5 cm³/mol.